The lowest BCUT2D eigenvalue weighted by Crippen LogP contribution is -2.26. The maximum Gasteiger partial charge on any atom is 0.238 e. The van der Waals surface area contributed by atoms with Gasteiger partial charge in [0.15, 0.2) is 0 Å². The highest BCUT2D eigenvalue weighted by Crippen LogP contribution is 2.21. The highest BCUT2D eigenvalue weighted by Gasteiger charge is 2.09. The summed E-state index contributed by atoms with van der Waals surface area (Å²) in [5.41, 5.74) is 6.56. The number of hydrogen-bond acceptors (Lipinski definition) is 5. The molecule has 100 valence electrons. The Morgan fingerprint density at radius 3 is 2.56 bits per heavy atom. The van der Waals surface area contributed by atoms with Crippen molar-refractivity contribution in [2.24, 2.45) is 5.14 Å². The fraction of sp³-hybridized carbons (Fsp3) is 0.300. The molecule has 0 spiro atoms. The number of nitrogen functional groups attached to an aromatic ring is 1. The lowest BCUT2D eigenvalue weighted by Gasteiger charge is -2.10. The molecule has 0 fully saturated rings. The van der Waals surface area contributed by atoms with Crippen LogP contribution in [-0.2, 0) is 14.8 Å². The number of carbonyl (C=O) groups excluding carboxylic acids is 1. The molecule has 8 heteroatoms. The molecule has 0 aliphatic heterocycles. The average molecular weight is 272 g/mol. The van der Waals surface area contributed by atoms with Gasteiger partial charge in [-0.05, 0) is 18.2 Å². The first kappa shape index (κ1) is 14.3. The first-order valence-corrected chi connectivity index (χ1v) is 6.76. The molecule has 0 unspecified atom stereocenters. The molecule has 1 aromatic carbocycles. The van der Waals surface area contributed by atoms with Crippen molar-refractivity contribution in [3.63, 3.8) is 0 Å². The Hall–Kier alpha value is -1.80. The van der Waals surface area contributed by atoms with E-state index in [9.17, 15) is 13.2 Å². The maximum atomic E-state index is 11.2. The van der Waals surface area contributed by atoms with Crippen molar-refractivity contribution in [2.45, 2.75) is 11.8 Å². The van der Waals surface area contributed by atoms with Crippen LogP contribution in [0.1, 0.15) is 6.92 Å². The summed E-state index contributed by atoms with van der Waals surface area (Å²) in [7, 11) is -3.75. The van der Waals surface area contributed by atoms with Crippen LogP contribution in [0, 0.1) is 0 Å². The third-order valence-electron chi connectivity index (χ3n) is 2.17. The Morgan fingerprint density at radius 2 is 2.00 bits per heavy atom. The number of amides is 1. The third-order valence-corrected chi connectivity index (χ3v) is 3.08. The Labute approximate surface area is 106 Å². The molecule has 18 heavy (non-hydrogen) atoms. The minimum atomic E-state index is -3.75. The summed E-state index contributed by atoms with van der Waals surface area (Å²) in [6.07, 6.45) is 0. The molecular weight excluding hydrogens is 256 g/mol. The Morgan fingerprint density at radius 1 is 1.33 bits per heavy atom. The zero-order chi connectivity index (χ0) is 13.8. The van der Waals surface area contributed by atoms with Gasteiger partial charge in [0.1, 0.15) is 0 Å². The van der Waals surface area contributed by atoms with Gasteiger partial charge in [-0.2, -0.15) is 0 Å². The first-order valence-electron chi connectivity index (χ1n) is 5.21. The van der Waals surface area contributed by atoms with Crippen molar-refractivity contribution in [2.75, 3.05) is 24.1 Å². The van der Waals surface area contributed by atoms with Crippen molar-refractivity contribution >= 4 is 27.3 Å². The maximum absolute atomic E-state index is 11.2. The van der Waals surface area contributed by atoms with Crippen LogP contribution in [0.5, 0.6) is 0 Å². The summed E-state index contributed by atoms with van der Waals surface area (Å²) < 4.78 is 22.3. The number of benzene rings is 1. The molecule has 0 saturated heterocycles. The standard InChI is InChI=1S/C10H16N4O3S/c1-7(15)13-4-5-14-10-6-8(18(12,16)17)2-3-9(10)11/h2-3,6,14H,4-5,11H2,1H3,(H,13,15)(H2,12,16,17). The minimum absolute atomic E-state index is 0.0151. The highest BCUT2D eigenvalue weighted by atomic mass is 32.2. The minimum Gasteiger partial charge on any atom is -0.397 e. The number of anilines is 2. The molecule has 7 nitrogen and oxygen atoms in total. The van der Waals surface area contributed by atoms with Gasteiger partial charge in [0.25, 0.3) is 0 Å². The topological polar surface area (TPSA) is 127 Å². The lowest BCUT2D eigenvalue weighted by molar-refractivity contribution is -0.118. The molecule has 6 N–H and O–H groups in total. The van der Waals surface area contributed by atoms with Crippen molar-refractivity contribution in [3.8, 4) is 0 Å². The molecule has 0 heterocycles. The average Bonchev–Trinajstić information content (AvgIpc) is 2.24. The van der Waals surface area contributed by atoms with Gasteiger partial charge in [-0.1, -0.05) is 0 Å². The number of carbonyl (C=O) groups is 1. The predicted molar refractivity (Wildman–Crippen MR) is 69.4 cm³/mol. The zero-order valence-electron chi connectivity index (χ0n) is 9.93. The smallest absolute Gasteiger partial charge is 0.238 e. The van der Waals surface area contributed by atoms with E-state index >= 15 is 0 Å². The molecule has 0 radical (unpaired) electrons. The van der Waals surface area contributed by atoms with Gasteiger partial charge in [0, 0.05) is 20.0 Å². The second-order valence-electron chi connectivity index (χ2n) is 3.70. The lowest BCUT2D eigenvalue weighted by atomic mass is 10.2. The van der Waals surface area contributed by atoms with Crippen LogP contribution in [-0.4, -0.2) is 27.4 Å². The van der Waals surface area contributed by atoms with E-state index in [4.69, 9.17) is 10.9 Å². The summed E-state index contributed by atoms with van der Waals surface area (Å²) in [6, 6.07) is 4.16. The molecule has 0 atom stereocenters. The predicted octanol–water partition coefficient (Wildman–Crippen LogP) is -0.536. The van der Waals surface area contributed by atoms with Crippen molar-refractivity contribution in [1.82, 2.24) is 5.32 Å². The number of nitrogens with two attached hydrogens (primary N) is 2. The number of nitrogens with one attached hydrogen (secondary N) is 2. The van der Waals surface area contributed by atoms with Crippen LogP contribution in [0.2, 0.25) is 0 Å². The second kappa shape index (κ2) is 5.69. The van der Waals surface area contributed by atoms with Crippen molar-refractivity contribution < 1.29 is 13.2 Å². The first-order chi connectivity index (χ1) is 8.30. The molecule has 0 bridgehead atoms. The summed E-state index contributed by atoms with van der Waals surface area (Å²) in [5.74, 6) is -0.136. The van der Waals surface area contributed by atoms with Crippen LogP contribution in [0.3, 0.4) is 0 Å². The van der Waals surface area contributed by atoms with Gasteiger partial charge < -0.3 is 16.4 Å². The summed E-state index contributed by atoms with van der Waals surface area (Å²) in [5, 5.41) is 10.5. The SMILES string of the molecule is CC(=O)NCCNc1cc(S(N)(=O)=O)ccc1N. The van der Waals surface area contributed by atoms with E-state index in [1.807, 2.05) is 0 Å². The molecule has 1 amide bonds. The monoisotopic (exact) mass is 272 g/mol. The van der Waals surface area contributed by atoms with Crippen molar-refractivity contribution in [3.05, 3.63) is 18.2 Å². The highest BCUT2D eigenvalue weighted by molar-refractivity contribution is 7.89. The number of sulfonamides is 1. The fourth-order valence-electron chi connectivity index (χ4n) is 1.30. The van der Waals surface area contributed by atoms with Crippen LogP contribution >= 0.6 is 0 Å². The van der Waals surface area contributed by atoms with E-state index in [2.05, 4.69) is 10.6 Å². The number of hydrogen-bond donors (Lipinski definition) is 4. The van der Waals surface area contributed by atoms with Crippen LogP contribution < -0.4 is 21.5 Å². The summed E-state index contributed by atoms with van der Waals surface area (Å²) in [4.78, 5) is 10.6. The fourth-order valence-corrected chi connectivity index (χ4v) is 1.84. The largest absolute Gasteiger partial charge is 0.397 e. The van der Waals surface area contributed by atoms with Gasteiger partial charge in [-0.15, -0.1) is 0 Å². The van der Waals surface area contributed by atoms with Gasteiger partial charge in [-0.3, -0.25) is 4.79 Å². The van der Waals surface area contributed by atoms with E-state index in [-0.39, 0.29) is 10.8 Å². The Bertz CT molecular complexity index is 542. The third kappa shape index (κ3) is 4.22. The van der Waals surface area contributed by atoms with Crippen LogP contribution in [0.25, 0.3) is 0 Å². The molecule has 0 aromatic heterocycles. The van der Waals surface area contributed by atoms with Crippen molar-refractivity contribution in [1.29, 1.82) is 0 Å². The summed E-state index contributed by atoms with van der Waals surface area (Å²) in [6.45, 7) is 2.25. The summed E-state index contributed by atoms with van der Waals surface area (Å²) >= 11 is 0. The van der Waals surface area contributed by atoms with Gasteiger partial charge in [-0.25, -0.2) is 13.6 Å². The molecule has 0 saturated carbocycles. The second-order valence-corrected chi connectivity index (χ2v) is 5.27. The van der Waals surface area contributed by atoms with Gasteiger partial charge in [0.05, 0.1) is 16.3 Å². The van der Waals surface area contributed by atoms with E-state index < -0.39 is 10.0 Å². The van der Waals surface area contributed by atoms with E-state index in [0.717, 1.165) is 0 Å². The normalized spacial score (nSPS) is 11.0. The molecule has 1 aromatic rings. The molecule has 0 aliphatic carbocycles. The Kier molecular flexibility index (Phi) is 4.51. The Balaban J connectivity index is 2.73. The number of rotatable bonds is 5. The van der Waals surface area contributed by atoms with E-state index in [1.165, 1.54) is 25.1 Å². The quantitative estimate of drug-likeness (QED) is 0.423. The van der Waals surface area contributed by atoms with Gasteiger partial charge in [0.2, 0.25) is 15.9 Å². The molecular formula is C10H16N4O3S. The molecule has 0 aliphatic rings. The van der Waals surface area contributed by atoms with Gasteiger partial charge >= 0.3 is 0 Å². The zero-order valence-corrected chi connectivity index (χ0v) is 10.8. The van der Waals surface area contributed by atoms with E-state index in [0.29, 0.717) is 24.5 Å². The number of primary sulfonamides is 1. The van der Waals surface area contributed by atoms with Crippen LogP contribution in [0.4, 0.5) is 11.4 Å². The van der Waals surface area contributed by atoms with E-state index in [1.54, 1.807) is 0 Å². The molecule has 1 rings (SSSR count). The van der Waals surface area contributed by atoms with Crippen LogP contribution in [0.15, 0.2) is 23.1 Å².